The summed E-state index contributed by atoms with van der Waals surface area (Å²) in [5.74, 6) is 1.08. The summed E-state index contributed by atoms with van der Waals surface area (Å²) in [4.78, 5) is 12.3. The van der Waals surface area contributed by atoms with Gasteiger partial charge in [-0.25, -0.2) is 0 Å². The van der Waals surface area contributed by atoms with Gasteiger partial charge in [0.2, 0.25) is 5.91 Å². The van der Waals surface area contributed by atoms with E-state index in [4.69, 9.17) is 4.74 Å². The van der Waals surface area contributed by atoms with Crippen LogP contribution in [0.25, 0.3) is 0 Å². The number of amides is 1. The molecule has 4 nitrogen and oxygen atoms in total. The van der Waals surface area contributed by atoms with Gasteiger partial charge in [-0.2, -0.15) is 0 Å². The zero-order chi connectivity index (χ0) is 13.9. The van der Waals surface area contributed by atoms with Crippen molar-refractivity contribution in [1.29, 1.82) is 0 Å². The fourth-order valence-electron chi connectivity index (χ4n) is 3.31. The summed E-state index contributed by atoms with van der Waals surface area (Å²) in [7, 11) is 1.70. The maximum absolute atomic E-state index is 12.3. The SMILES string of the molecule is COc1cccc2c1CCC2NC(=O)C1CCCCN1.Cl. The molecule has 1 fully saturated rings. The molecule has 0 radical (unpaired) electrons. The molecular formula is C16H23ClN2O2. The highest BCUT2D eigenvalue weighted by molar-refractivity contribution is 5.85. The molecule has 0 aromatic heterocycles. The highest BCUT2D eigenvalue weighted by atomic mass is 35.5. The molecule has 116 valence electrons. The van der Waals surface area contributed by atoms with Crippen LogP contribution in [0.4, 0.5) is 0 Å². The van der Waals surface area contributed by atoms with Crippen LogP contribution in [0.15, 0.2) is 18.2 Å². The van der Waals surface area contributed by atoms with E-state index in [1.807, 2.05) is 12.1 Å². The average molecular weight is 311 g/mol. The van der Waals surface area contributed by atoms with Gasteiger partial charge in [-0.15, -0.1) is 12.4 Å². The van der Waals surface area contributed by atoms with Crippen LogP contribution in [-0.2, 0) is 11.2 Å². The zero-order valence-electron chi connectivity index (χ0n) is 12.4. The van der Waals surface area contributed by atoms with Crippen molar-refractivity contribution in [2.24, 2.45) is 0 Å². The van der Waals surface area contributed by atoms with Crippen molar-refractivity contribution in [1.82, 2.24) is 10.6 Å². The third kappa shape index (κ3) is 3.33. The summed E-state index contributed by atoms with van der Waals surface area (Å²) in [6.07, 6.45) is 5.20. The minimum Gasteiger partial charge on any atom is -0.496 e. The molecular weight excluding hydrogens is 288 g/mol. The van der Waals surface area contributed by atoms with Crippen LogP contribution in [0.1, 0.15) is 42.9 Å². The van der Waals surface area contributed by atoms with Crippen molar-refractivity contribution >= 4 is 18.3 Å². The standard InChI is InChI=1S/C16H22N2O2.ClH/c1-20-15-7-4-5-11-12(15)8-9-13(11)18-16(19)14-6-2-3-10-17-14;/h4-5,7,13-14,17H,2-3,6,8-10H2,1H3,(H,18,19);1H. The number of benzene rings is 1. The minimum absolute atomic E-state index is 0. The first-order chi connectivity index (χ1) is 9.79. The third-order valence-electron chi connectivity index (χ3n) is 4.39. The summed E-state index contributed by atoms with van der Waals surface area (Å²) in [5.41, 5.74) is 2.46. The Morgan fingerprint density at radius 2 is 2.19 bits per heavy atom. The van der Waals surface area contributed by atoms with E-state index in [0.29, 0.717) is 0 Å². The maximum atomic E-state index is 12.3. The molecule has 21 heavy (non-hydrogen) atoms. The summed E-state index contributed by atoms with van der Waals surface area (Å²) >= 11 is 0. The molecule has 1 heterocycles. The normalized spacial score (nSPS) is 23.9. The van der Waals surface area contributed by atoms with E-state index >= 15 is 0 Å². The van der Waals surface area contributed by atoms with E-state index in [1.54, 1.807) is 7.11 Å². The molecule has 0 spiro atoms. The monoisotopic (exact) mass is 310 g/mol. The molecule has 2 unspecified atom stereocenters. The average Bonchev–Trinajstić information content (AvgIpc) is 2.91. The van der Waals surface area contributed by atoms with E-state index in [9.17, 15) is 4.79 Å². The van der Waals surface area contributed by atoms with E-state index in [0.717, 1.165) is 38.0 Å². The molecule has 0 bridgehead atoms. The molecule has 1 saturated heterocycles. The highest BCUT2D eigenvalue weighted by Gasteiger charge is 2.29. The third-order valence-corrected chi connectivity index (χ3v) is 4.39. The Morgan fingerprint density at radius 1 is 1.33 bits per heavy atom. The number of halogens is 1. The van der Waals surface area contributed by atoms with Gasteiger partial charge in [0.25, 0.3) is 0 Å². The number of fused-ring (bicyclic) bond motifs is 1. The van der Waals surface area contributed by atoms with Gasteiger partial charge in [0.1, 0.15) is 5.75 Å². The molecule has 1 amide bonds. The van der Waals surface area contributed by atoms with Crippen molar-refractivity contribution in [3.05, 3.63) is 29.3 Å². The van der Waals surface area contributed by atoms with Gasteiger partial charge in [-0.05, 0) is 49.4 Å². The van der Waals surface area contributed by atoms with Gasteiger partial charge in [-0.1, -0.05) is 18.6 Å². The predicted octanol–water partition coefficient (Wildman–Crippen LogP) is 2.36. The Hall–Kier alpha value is -1.26. The number of piperidine rings is 1. The van der Waals surface area contributed by atoms with Gasteiger partial charge in [0.05, 0.1) is 19.2 Å². The van der Waals surface area contributed by atoms with Crippen LogP contribution in [-0.4, -0.2) is 25.6 Å². The number of ether oxygens (including phenoxy) is 1. The first-order valence-electron chi connectivity index (χ1n) is 7.49. The summed E-state index contributed by atoms with van der Waals surface area (Å²) in [6, 6.07) is 6.21. The molecule has 2 aliphatic rings. The quantitative estimate of drug-likeness (QED) is 0.901. The molecule has 5 heteroatoms. The van der Waals surface area contributed by atoms with Gasteiger partial charge >= 0.3 is 0 Å². The van der Waals surface area contributed by atoms with E-state index < -0.39 is 0 Å². The van der Waals surface area contributed by atoms with Crippen molar-refractivity contribution in [2.75, 3.05) is 13.7 Å². The van der Waals surface area contributed by atoms with Crippen molar-refractivity contribution in [2.45, 2.75) is 44.2 Å². The first kappa shape index (κ1) is 16.1. The van der Waals surface area contributed by atoms with Crippen molar-refractivity contribution in [3.8, 4) is 5.75 Å². The number of nitrogens with one attached hydrogen (secondary N) is 2. The van der Waals surface area contributed by atoms with Gasteiger partial charge < -0.3 is 15.4 Å². The molecule has 1 aromatic carbocycles. The lowest BCUT2D eigenvalue weighted by molar-refractivity contribution is -0.124. The number of methoxy groups -OCH3 is 1. The van der Waals surface area contributed by atoms with Crippen LogP contribution < -0.4 is 15.4 Å². The Labute approximate surface area is 132 Å². The molecule has 1 aliphatic heterocycles. The Morgan fingerprint density at radius 3 is 2.90 bits per heavy atom. The second-order valence-electron chi connectivity index (χ2n) is 5.63. The molecule has 0 saturated carbocycles. The number of hydrogen-bond acceptors (Lipinski definition) is 3. The van der Waals surface area contributed by atoms with Gasteiger partial charge in [0.15, 0.2) is 0 Å². The highest BCUT2D eigenvalue weighted by Crippen LogP contribution is 2.36. The topological polar surface area (TPSA) is 50.4 Å². The molecule has 1 aliphatic carbocycles. The van der Waals surface area contributed by atoms with E-state index in [-0.39, 0.29) is 30.4 Å². The second-order valence-corrected chi connectivity index (χ2v) is 5.63. The van der Waals surface area contributed by atoms with Gasteiger partial charge in [0, 0.05) is 0 Å². The molecule has 2 atom stereocenters. The van der Waals surface area contributed by atoms with Crippen molar-refractivity contribution in [3.63, 3.8) is 0 Å². The Balaban J connectivity index is 0.00000161. The lowest BCUT2D eigenvalue weighted by Gasteiger charge is -2.24. The van der Waals surface area contributed by atoms with E-state index in [1.165, 1.54) is 17.5 Å². The molecule has 2 N–H and O–H groups in total. The second kappa shape index (κ2) is 7.14. The maximum Gasteiger partial charge on any atom is 0.237 e. The number of rotatable bonds is 3. The zero-order valence-corrected chi connectivity index (χ0v) is 13.2. The first-order valence-corrected chi connectivity index (χ1v) is 7.49. The predicted molar refractivity (Wildman–Crippen MR) is 85.1 cm³/mol. The fraction of sp³-hybridized carbons (Fsp3) is 0.562. The Bertz CT molecular complexity index is 501. The summed E-state index contributed by atoms with van der Waals surface area (Å²) in [6.45, 7) is 0.952. The summed E-state index contributed by atoms with van der Waals surface area (Å²) in [5, 5.41) is 6.50. The van der Waals surface area contributed by atoms with Crippen LogP contribution in [0.3, 0.4) is 0 Å². The van der Waals surface area contributed by atoms with Crippen molar-refractivity contribution < 1.29 is 9.53 Å². The molecule has 3 rings (SSSR count). The number of carbonyl (C=O) groups is 1. The largest absolute Gasteiger partial charge is 0.496 e. The van der Waals surface area contributed by atoms with E-state index in [2.05, 4.69) is 16.7 Å². The number of carbonyl (C=O) groups excluding carboxylic acids is 1. The van der Waals surface area contributed by atoms with Gasteiger partial charge in [-0.3, -0.25) is 4.79 Å². The fourth-order valence-corrected chi connectivity index (χ4v) is 3.31. The number of hydrogen-bond donors (Lipinski definition) is 2. The Kier molecular flexibility index (Phi) is 5.48. The lowest BCUT2D eigenvalue weighted by Crippen LogP contribution is -2.47. The van der Waals surface area contributed by atoms with Crippen LogP contribution in [0.5, 0.6) is 5.75 Å². The lowest BCUT2D eigenvalue weighted by atomic mass is 10.0. The van der Waals surface area contributed by atoms with Crippen LogP contribution in [0, 0.1) is 0 Å². The summed E-state index contributed by atoms with van der Waals surface area (Å²) < 4.78 is 5.40. The minimum atomic E-state index is -0.0154. The smallest absolute Gasteiger partial charge is 0.237 e. The van der Waals surface area contributed by atoms with Crippen LogP contribution >= 0.6 is 12.4 Å². The van der Waals surface area contributed by atoms with Crippen LogP contribution in [0.2, 0.25) is 0 Å². The molecule has 1 aromatic rings.